The van der Waals surface area contributed by atoms with E-state index in [0.717, 1.165) is 62.2 Å². The van der Waals surface area contributed by atoms with E-state index in [2.05, 4.69) is 91.9 Å². The van der Waals surface area contributed by atoms with Gasteiger partial charge < -0.3 is 9.47 Å². The van der Waals surface area contributed by atoms with Crippen LogP contribution in [0.5, 0.6) is 5.75 Å². The molecule has 3 aromatic carbocycles. The van der Waals surface area contributed by atoms with E-state index in [0.29, 0.717) is 5.92 Å². The molecule has 0 bridgehead atoms. The van der Waals surface area contributed by atoms with E-state index < -0.39 is 0 Å². The summed E-state index contributed by atoms with van der Waals surface area (Å²) in [4.78, 5) is 0. The summed E-state index contributed by atoms with van der Waals surface area (Å²) in [5, 5.41) is 0. The largest absolute Gasteiger partial charge is 0.484 e. The van der Waals surface area contributed by atoms with Gasteiger partial charge in [0.2, 0.25) is 0 Å². The van der Waals surface area contributed by atoms with Crippen LogP contribution < -0.4 is 4.74 Å². The molecule has 0 spiro atoms. The first-order valence-electron chi connectivity index (χ1n) is 17.2. The molecular formula is C43H38O2. The molecule has 222 valence electrons. The number of fused-ring (bicyclic) bond motifs is 9. The maximum atomic E-state index is 7.07. The summed E-state index contributed by atoms with van der Waals surface area (Å²) in [6, 6.07) is 15.9. The SMILES string of the molecule is CC1CC=CC2=C1OC1=C(c3c4c(c(-c5ccc6c(c5)CCC=C6)c5c3CCCC5)C=CCC4)C=C3c4ccccc4OC3C21. The van der Waals surface area contributed by atoms with Crippen LogP contribution in [0.3, 0.4) is 0 Å². The van der Waals surface area contributed by atoms with Crippen molar-refractivity contribution in [2.75, 3.05) is 0 Å². The molecule has 2 aliphatic heterocycles. The molecule has 0 saturated carbocycles. The molecule has 45 heavy (non-hydrogen) atoms. The number of para-hydroxylation sites is 1. The van der Waals surface area contributed by atoms with E-state index in [9.17, 15) is 0 Å². The van der Waals surface area contributed by atoms with Gasteiger partial charge in [0.15, 0.2) is 0 Å². The Morgan fingerprint density at radius 3 is 2.53 bits per heavy atom. The molecule has 7 aliphatic rings. The first kappa shape index (κ1) is 26.0. The van der Waals surface area contributed by atoms with E-state index in [4.69, 9.17) is 9.47 Å². The van der Waals surface area contributed by atoms with Crippen molar-refractivity contribution < 1.29 is 9.47 Å². The van der Waals surface area contributed by atoms with Crippen molar-refractivity contribution in [3.8, 4) is 16.9 Å². The topological polar surface area (TPSA) is 18.5 Å². The normalized spacial score (nSPS) is 24.9. The van der Waals surface area contributed by atoms with Crippen molar-refractivity contribution in [3.05, 3.63) is 134 Å². The first-order valence-corrected chi connectivity index (χ1v) is 17.2. The number of allylic oxidation sites excluding steroid dienone is 7. The predicted octanol–water partition coefficient (Wildman–Crippen LogP) is 10.2. The summed E-state index contributed by atoms with van der Waals surface area (Å²) in [5.74, 6) is 3.75. The van der Waals surface area contributed by atoms with Crippen LogP contribution in [0.15, 0.2) is 89.9 Å². The van der Waals surface area contributed by atoms with Gasteiger partial charge in [0.1, 0.15) is 23.4 Å². The minimum absolute atomic E-state index is 0.0426. The fourth-order valence-electron chi connectivity index (χ4n) is 9.33. The second kappa shape index (κ2) is 9.85. The van der Waals surface area contributed by atoms with Crippen LogP contribution in [0.1, 0.15) is 83.5 Å². The summed E-state index contributed by atoms with van der Waals surface area (Å²) in [6.07, 6.45) is 26.8. The Balaban J connectivity index is 1.25. The third-order valence-corrected chi connectivity index (χ3v) is 11.4. The molecule has 5 aliphatic carbocycles. The van der Waals surface area contributed by atoms with Gasteiger partial charge in [0, 0.05) is 28.2 Å². The first-order chi connectivity index (χ1) is 22.2. The molecule has 0 radical (unpaired) electrons. The molecular weight excluding hydrogens is 548 g/mol. The molecule has 3 unspecified atom stereocenters. The van der Waals surface area contributed by atoms with E-state index >= 15 is 0 Å². The van der Waals surface area contributed by atoms with E-state index in [1.165, 1.54) is 74.1 Å². The Kier molecular flexibility index (Phi) is 5.68. The predicted molar refractivity (Wildman–Crippen MR) is 184 cm³/mol. The van der Waals surface area contributed by atoms with Crippen molar-refractivity contribution in [1.29, 1.82) is 0 Å². The minimum Gasteiger partial charge on any atom is -0.484 e. The Morgan fingerprint density at radius 2 is 1.60 bits per heavy atom. The van der Waals surface area contributed by atoms with Gasteiger partial charge in [-0.2, -0.15) is 0 Å². The lowest BCUT2D eigenvalue weighted by molar-refractivity contribution is 0.203. The van der Waals surface area contributed by atoms with Crippen molar-refractivity contribution in [3.63, 3.8) is 0 Å². The van der Waals surface area contributed by atoms with Crippen LogP contribution in [0.25, 0.3) is 34.4 Å². The van der Waals surface area contributed by atoms with E-state index in [1.54, 1.807) is 11.1 Å². The smallest absolute Gasteiger partial charge is 0.139 e. The van der Waals surface area contributed by atoms with Gasteiger partial charge in [-0.05, 0) is 120 Å². The highest BCUT2D eigenvalue weighted by Crippen LogP contribution is 2.57. The van der Waals surface area contributed by atoms with Crippen LogP contribution in [0, 0.1) is 11.8 Å². The Labute approximate surface area is 266 Å². The molecule has 2 nitrogen and oxygen atoms in total. The number of benzene rings is 3. The van der Waals surface area contributed by atoms with Crippen molar-refractivity contribution in [2.45, 2.75) is 70.8 Å². The van der Waals surface area contributed by atoms with E-state index in [-0.39, 0.29) is 12.0 Å². The summed E-state index contributed by atoms with van der Waals surface area (Å²) in [5.41, 5.74) is 18.6. The second-order valence-corrected chi connectivity index (χ2v) is 14.0. The van der Waals surface area contributed by atoms with Crippen molar-refractivity contribution in [2.24, 2.45) is 11.8 Å². The number of rotatable bonds is 2. The van der Waals surface area contributed by atoms with Crippen molar-refractivity contribution in [1.82, 2.24) is 0 Å². The quantitative estimate of drug-likeness (QED) is 0.297. The highest BCUT2D eigenvalue weighted by atomic mass is 16.5. The van der Waals surface area contributed by atoms with Gasteiger partial charge in [-0.15, -0.1) is 0 Å². The van der Waals surface area contributed by atoms with Crippen LogP contribution >= 0.6 is 0 Å². The van der Waals surface area contributed by atoms with Crippen LogP contribution in [0.4, 0.5) is 0 Å². The minimum atomic E-state index is -0.0426. The molecule has 10 rings (SSSR count). The maximum Gasteiger partial charge on any atom is 0.139 e. The van der Waals surface area contributed by atoms with Gasteiger partial charge in [0.05, 0.1) is 5.92 Å². The number of hydrogen-bond acceptors (Lipinski definition) is 2. The van der Waals surface area contributed by atoms with Gasteiger partial charge in [-0.25, -0.2) is 0 Å². The Morgan fingerprint density at radius 1 is 0.756 bits per heavy atom. The molecule has 2 heteroatoms. The molecule has 3 aromatic rings. The Bertz CT molecular complexity index is 2010. The van der Waals surface area contributed by atoms with Crippen molar-refractivity contribution >= 4 is 23.3 Å². The van der Waals surface area contributed by atoms with E-state index in [1.807, 2.05) is 0 Å². The summed E-state index contributed by atoms with van der Waals surface area (Å²) < 4.78 is 13.8. The third kappa shape index (κ3) is 3.75. The second-order valence-electron chi connectivity index (χ2n) is 14.0. The highest BCUT2D eigenvalue weighted by Gasteiger charge is 2.49. The molecule has 3 atom stereocenters. The fourth-order valence-corrected chi connectivity index (χ4v) is 9.33. The van der Waals surface area contributed by atoms with Gasteiger partial charge >= 0.3 is 0 Å². The third-order valence-electron chi connectivity index (χ3n) is 11.4. The van der Waals surface area contributed by atoms with Crippen LogP contribution in [-0.2, 0) is 30.4 Å². The van der Waals surface area contributed by atoms with Crippen LogP contribution in [-0.4, -0.2) is 6.10 Å². The van der Waals surface area contributed by atoms with Crippen LogP contribution in [0.2, 0.25) is 0 Å². The summed E-state index contributed by atoms with van der Waals surface area (Å²) in [7, 11) is 0. The average molecular weight is 587 g/mol. The lowest BCUT2D eigenvalue weighted by Gasteiger charge is -2.33. The number of hydrogen-bond donors (Lipinski definition) is 0. The van der Waals surface area contributed by atoms with Gasteiger partial charge in [-0.3, -0.25) is 0 Å². The monoisotopic (exact) mass is 586 g/mol. The van der Waals surface area contributed by atoms with Gasteiger partial charge in [-0.1, -0.05) is 79.8 Å². The maximum absolute atomic E-state index is 7.07. The Hall–Kier alpha value is -4.30. The molecule has 0 N–H and O–H groups in total. The molecule has 0 aromatic heterocycles. The molecule has 2 heterocycles. The number of ether oxygens (including phenoxy) is 2. The molecule has 0 saturated heterocycles. The summed E-state index contributed by atoms with van der Waals surface area (Å²) in [6.45, 7) is 2.31. The average Bonchev–Trinajstić information content (AvgIpc) is 3.66. The lowest BCUT2D eigenvalue weighted by Crippen LogP contribution is -2.29. The number of aryl methyl sites for hydroxylation is 1. The highest BCUT2D eigenvalue weighted by molar-refractivity contribution is 5.97. The zero-order valence-electron chi connectivity index (χ0n) is 26.0. The zero-order chi connectivity index (χ0) is 29.6. The van der Waals surface area contributed by atoms with Gasteiger partial charge in [0.25, 0.3) is 0 Å². The molecule has 0 fully saturated rings. The lowest BCUT2D eigenvalue weighted by atomic mass is 9.71. The summed E-state index contributed by atoms with van der Waals surface area (Å²) >= 11 is 0. The standard InChI is InChI=1S/C43H38O2/c1-25-11-10-19-34-40-42-35(29-14-8-9-20-37(29)44-42)24-36(43(40)45-41(25)34)39-32-17-6-4-15-30(32)38(31-16-5-7-18-33(31)39)28-22-21-26-12-2-3-13-27(26)23-28/h2,4,8-10,12,14-15,19-25,40,42H,3,5-7,11,13,16-18H2,1H3. The fraction of sp³-hybridized carbons (Fsp3) is 0.302. The zero-order valence-corrected chi connectivity index (χ0v) is 26.0. The molecule has 0 amide bonds.